The van der Waals surface area contributed by atoms with E-state index in [-0.39, 0.29) is 0 Å². The molecule has 28 heavy (non-hydrogen) atoms. The van der Waals surface area contributed by atoms with Crippen LogP contribution in [0.3, 0.4) is 0 Å². The van der Waals surface area contributed by atoms with Gasteiger partial charge in [-0.25, -0.2) is 0 Å². The Kier molecular flexibility index (Phi) is 6.71. The zero-order chi connectivity index (χ0) is 19.9. The van der Waals surface area contributed by atoms with E-state index in [9.17, 15) is 0 Å². The van der Waals surface area contributed by atoms with Crippen molar-refractivity contribution in [2.75, 3.05) is 12.4 Å². The summed E-state index contributed by atoms with van der Waals surface area (Å²) in [7, 11) is 1.67. The summed E-state index contributed by atoms with van der Waals surface area (Å²) in [5.41, 5.74) is 4.51. The number of nitrogens with zero attached hydrogens (tertiary/aromatic N) is 1. The van der Waals surface area contributed by atoms with Gasteiger partial charge in [-0.15, -0.1) is 0 Å². The molecule has 0 aliphatic carbocycles. The smallest absolute Gasteiger partial charge is 0.174 e. The minimum absolute atomic E-state index is 0.586. The number of furan rings is 1. The molecule has 4 nitrogen and oxygen atoms in total. The second-order valence-corrected chi connectivity index (χ2v) is 7.13. The van der Waals surface area contributed by atoms with Crippen molar-refractivity contribution in [3.05, 3.63) is 83.3 Å². The molecule has 0 atom stereocenters. The van der Waals surface area contributed by atoms with Crippen molar-refractivity contribution in [3.63, 3.8) is 0 Å². The van der Waals surface area contributed by atoms with Crippen LogP contribution in [-0.2, 0) is 19.5 Å². The molecule has 3 rings (SSSR count). The molecule has 0 saturated carbocycles. The summed E-state index contributed by atoms with van der Waals surface area (Å²) in [5.74, 6) is 1.64. The minimum Gasteiger partial charge on any atom is -0.495 e. The summed E-state index contributed by atoms with van der Waals surface area (Å²) < 4.78 is 11.0. The Balaban J connectivity index is 1.80. The van der Waals surface area contributed by atoms with E-state index in [1.54, 1.807) is 13.4 Å². The fraction of sp³-hybridized carbons (Fsp3) is 0.261. The summed E-state index contributed by atoms with van der Waals surface area (Å²) in [6.45, 7) is 5.47. The Bertz CT molecular complexity index is 905. The van der Waals surface area contributed by atoms with Crippen molar-refractivity contribution >= 4 is 23.0 Å². The van der Waals surface area contributed by atoms with Crippen molar-refractivity contribution in [1.82, 2.24) is 4.90 Å². The van der Waals surface area contributed by atoms with Crippen LogP contribution in [0.25, 0.3) is 0 Å². The maximum absolute atomic E-state index is 5.74. The number of anilines is 1. The Hall–Kier alpha value is -2.79. The lowest BCUT2D eigenvalue weighted by Crippen LogP contribution is -2.33. The van der Waals surface area contributed by atoms with Gasteiger partial charge in [0.05, 0.1) is 25.6 Å². The van der Waals surface area contributed by atoms with Gasteiger partial charge in [0.1, 0.15) is 11.5 Å². The van der Waals surface area contributed by atoms with Crippen molar-refractivity contribution in [2.45, 2.75) is 33.4 Å². The maximum Gasteiger partial charge on any atom is 0.174 e. The number of benzene rings is 2. The van der Waals surface area contributed by atoms with Crippen molar-refractivity contribution in [2.24, 2.45) is 0 Å². The highest BCUT2D eigenvalue weighted by molar-refractivity contribution is 7.80. The molecule has 0 spiro atoms. The van der Waals surface area contributed by atoms with Crippen LogP contribution in [0.5, 0.6) is 5.75 Å². The normalized spacial score (nSPS) is 10.5. The van der Waals surface area contributed by atoms with E-state index in [4.69, 9.17) is 21.4 Å². The first-order valence-electron chi connectivity index (χ1n) is 9.39. The van der Waals surface area contributed by atoms with Gasteiger partial charge in [0.15, 0.2) is 5.11 Å². The quantitative estimate of drug-likeness (QED) is 0.531. The summed E-state index contributed by atoms with van der Waals surface area (Å²) in [5, 5.41) is 3.96. The molecule has 0 amide bonds. The van der Waals surface area contributed by atoms with Crippen molar-refractivity contribution in [3.8, 4) is 5.75 Å². The third-order valence-corrected chi connectivity index (χ3v) is 4.98. The Morgan fingerprint density at radius 1 is 1.07 bits per heavy atom. The number of thiocarbonyl (C=S) groups is 1. The Morgan fingerprint density at radius 3 is 2.46 bits per heavy atom. The van der Waals surface area contributed by atoms with E-state index < -0.39 is 0 Å². The summed E-state index contributed by atoms with van der Waals surface area (Å²) in [6, 6.07) is 18.5. The second-order valence-electron chi connectivity index (χ2n) is 6.74. The van der Waals surface area contributed by atoms with Gasteiger partial charge in [-0.3, -0.25) is 0 Å². The molecule has 0 radical (unpaired) electrons. The first kappa shape index (κ1) is 20.0. The van der Waals surface area contributed by atoms with Gasteiger partial charge in [0.25, 0.3) is 0 Å². The molecule has 1 heterocycles. The van der Waals surface area contributed by atoms with Crippen LogP contribution in [-0.4, -0.2) is 17.1 Å². The monoisotopic (exact) mass is 394 g/mol. The number of methoxy groups -OCH3 is 1. The fourth-order valence-electron chi connectivity index (χ4n) is 2.99. The van der Waals surface area contributed by atoms with Gasteiger partial charge in [-0.05, 0) is 66.5 Å². The summed E-state index contributed by atoms with van der Waals surface area (Å²) in [4.78, 5) is 2.09. The summed E-state index contributed by atoms with van der Waals surface area (Å²) >= 11 is 5.74. The summed E-state index contributed by atoms with van der Waals surface area (Å²) in [6.07, 6.45) is 2.71. The Labute approximate surface area is 172 Å². The van der Waals surface area contributed by atoms with Crippen LogP contribution in [0.1, 0.15) is 29.4 Å². The Morgan fingerprint density at radius 2 is 1.82 bits per heavy atom. The van der Waals surface area contributed by atoms with Gasteiger partial charge in [0, 0.05) is 6.54 Å². The van der Waals surface area contributed by atoms with Crippen LogP contribution in [0.4, 0.5) is 5.69 Å². The average molecular weight is 395 g/mol. The molecule has 3 aromatic rings. The minimum atomic E-state index is 0.586. The van der Waals surface area contributed by atoms with Gasteiger partial charge >= 0.3 is 0 Å². The zero-order valence-electron chi connectivity index (χ0n) is 16.6. The molecular formula is C23H26N2O2S. The molecule has 1 N–H and O–H groups in total. The lowest BCUT2D eigenvalue weighted by atomic mass is 10.1. The number of hydrogen-bond acceptors (Lipinski definition) is 3. The van der Waals surface area contributed by atoms with E-state index in [1.165, 1.54) is 11.1 Å². The first-order chi connectivity index (χ1) is 13.6. The molecule has 0 saturated heterocycles. The molecule has 5 heteroatoms. The molecule has 0 aliphatic rings. The van der Waals surface area contributed by atoms with Crippen LogP contribution >= 0.6 is 12.2 Å². The number of hydrogen-bond donors (Lipinski definition) is 1. The van der Waals surface area contributed by atoms with Gasteiger partial charge in [-0.1, -0.05) is 37.3 Å². The number of rotatable bonds is 7. The predicted molar refractivity (Wildman–Crippen MR) is 118 cm³/mol. The zero-order valence-corrected chi connectivity index (χ0v) is 17.4. The van der Waals surface area contributed by atoms with E-state index in [0.29, 0.717) is 18.2 Å². The first-order valence-corrected chi connectivity index (χ1v) is 9.80. The van der Waals surface area contributed by atoms with Gasteiger partial charge < -0.3 is 19.4 Å². The molecule has 1 aromatic heterocycles. The highest BCUT2D eigenvalue weighted by Gasteiger charge is 2.15. The predicted octanol–water partition coefficient (Wildman–Crippen LogP) is 5.56. The largest absolute Gasteiger partial charge is 0.495 e. The van der Waals surface area contributed by atoms with Gasteiger partial charge in [-0.2, -0.15) is 0 Å². The number of aryl methyl sites for hydroxylation is 2. The van der Waals surface area contributed by atoms with Crippen molar-refractivity contribution in [1.29, 1.82) is 0 Å². The molecule has 0 aliphatic heterocycles. The second kappa shape index (κ2) is 9.42. The fourth-order valence-corrected chi connectivity index (χ4v) is 3.23. The highest BCUT2D eigenvalue weighted by Crippen LogP contribution is 2.26. The van der Waals surface area contributed by atoms with E-state index >= 15 is 0 Å². The maximum atomic E-state index is 5.74. The van der Waals surface area contributed by atoms with Crippen LogP contribution < -0.4 is 10.1 Å². The highest BCUT2D eigenvalue weighted by atomic mass is 32.1. The van der Waals surface area contributed by atoms with E-state index in [2.05, 4.69) is 41.4 Å². The van der Waals surface area contributed by atoms with Crippen molar-refractivity contribution < 1.29 is 9.15 Å². The van der Waals surface area contributed by atoms with Crippen LogP contribution in [0, 0.1) is 6.92 Å². The van der Waals surface area contributed by atoms with Crippen LogP contribution in [0.2, 0.25) is 0 Å². The average Bonchev–Trinajstić information content (AvgIpc) is 3.22. The molecule has 0 fully saturated rings. The molecule has 0 bridgehead atoms. The third-order valence-electron chi connectivity index (χ3n) is 4.62. The lowest BCUT2D eigenvalue weighted by Gasteiger charge is -2.26. The van der Waals surface area contributed by atoms with E-state index in [0.717, 1.165) is 29.2 Å². The molecule has 0 unspecified atom stereocenters. The van der Waals surface area contributed by atoms with Crippen LogP contribution in [0.15, 0.2) is 65.3 Å². The van der Waals surface area contributed by atoms with Gasteiger partial charge in [0.2, 0.25) is 0 Å². The number of nitrogens with one attached hydrogen (secondary N) is 1. The lowest BCUT2D eigenvalue weighted by molar-refractivity contribution is 0.360. The molecule has 146 valence electrons. The third kappa shape index (κ3) is 5.14. The number of ether oxygens (including phenoxy) is 1. The van der Waals surface area contributed by atoms with E-state index in [1.807, 2.05) is 37.3 Å². The molecule has 2 aromatic carbocycles. The SMILES string of the molecule is CCc1ccc(CN(Cc2ccco2)C(=S)Nc2ccc(C)cc2OC)cc1. The molecular weight excluding hydrogens is 368 g/mol. The standard InChI is InChI=1S/C23H26N2O2S/c1-4-18-8-10-19(11-9-18)15-25(16-20-6-5-13-27-20)23(28)24-21-12-7-17(2)14-22(21)26-3/h5-14H,4,15-16H2,1-3H3,(H,24,28). The topological polar surface area (TPSA) is 37.6 Å².